The maximum Gasteiger partial charge on any atom is 0.165 e. The Bertz CT molecular complexity index is 488. The Balaban J connectivity index is 2.01. The van der Waals surface area contributed by atoms with Gasteiger partial charge in [-0.05, 0) is 55.8 Å². The second-order valence-electron chi connectivity index (χ2n) is 3.24. The molecule has 0 amide bonds. The molecule has 2 rings (SSSR count). The van der Waals surface area contributed by atoms with Gasteiger partial charge < -0.3 is 0 Å². The smallest absolute Gasteiger partial charge is 0.165 e. The highest BCUT2D eigenvalue weighted by Crippen LogP contribution is 2.32. The predicted octanol–water partition coefficient (Wildman–Crippen LogP) is 5.15. The van der Waals surface area contributed by atoms with Gasteiger partial charge in [0.1, 0.15) is 0 Å². The van der Waals surface area contributed by atoms with Crippen molar-refractivity contribution in [2.45, 2.75) is 12.8 Å². The minimum Gasteiger partial charge on any atom is -0.294 e. The van der Waals surface area contributed by atoms with Crippen LogP contribution in [0.2, 0.25) is 0 Å². The molecule has 0 aliphatic rings. The summed E-state index contributed by atoms with van der Waals surface area (Å²) in [6.07, 6.45) is 1.40. The molecule has 0 saturated carbocycles. The standard InChI is InChI=1S/C11H8Br2OS2/c12-10-6-8(11(13)16-10)9(14)4-3-7-2-1-5-15-7/h1-2,5-6H,3-4H2. The van der Waals surface area contributed by atoms with Gasteiger partial charge in [0.15, 0.2) is 5.78 Å². The SMILES string of the molecule is O=C(CCc1cccs1)c1cc(Br)sc1Br. The second-order valence-corrected chi connectivity index (χ2v) is 8.02. The van der Waals surface area contributed by atoms with E-state index in [4.69, 9.17) is 0 Å². The predicted molar refractivity (Wildman–Crippen MR) is 76.7 cm³/mol. The van der Waals surface area contributed by atoms with Gasteiger partial charge >= 0.3 is 0 Å². The van der Waals surface area contributed by atoms with Gasteiger partial charge in [-0.3, -0.25) is 4.79 Å². The lowest BCUT2D eigenvalue weighted by molar-refractivity contribution is 0.0983. The average molecular weight is 380 g/mol. The Hall–Kier alpha value is 0.0300. The fourth-order valence-electron chi connectivity index (χ4n) is 1.36. The third-order valence-electron chi connectivity index (χ3n) is 2.14. The molecule has 84 valence electrons. The number of ketones is 1. The summed E-state index contributed by atoms with van der Waals surface area (Å²) in [6, 6.07) is 5.96. The topological polar surface area (TPSA) is 17.1 Å². The highest BCUT2D eigenvalue weighted by atomic mass is 79.9. The average Bonchev–Trinajstić information content (AvgIpc) is 2.84. The van der Waals surface area contributed by atoms with Gasteiger partial charge in [0.2, 0.25) is 0 Å². The summed E-state index contributed by atoms with van der Waals surface area (Å²) >= 11 is 10.0. The molecule has 0 N–H and O–H groups in total. The molecular weight excluding hydrogens is 372 g/mol. The maximum atomic E-state index is 11.9. The van der Waals surface area contributed by atoms with Gasteiger partial charge in [0.25, 0.3) is 0 Å². The van der Waals surface area contributed by atoms with Crippen LogP contribution < -0.4 is 0 Å². The van der Waals surface area contributed by atoms with E-state index in [0.29, 0.717) is 6.42 Å². The fraction of sp³-hybridized carbons (Fsp3) is 0.182. The molecule has 0 atom stereocenters. The molecule has 5 heteroatoms. The van der Waals surface area contributed by atoms with Crippen LogP contribution in [0.1, 0.15) is 21.7 Å². The number of hydrogen-bond donors (Lipinski definition) is 0. The van der Waals surface area contributed by atoms with Crippen molar-refractivity contribution >= 4 is 60.3 Å². The molecule has 0 unspecified atom stereocenters. The van der Waals surface area contributed by atoms with Gasteiger partial charge in [-0.15, -0.1) is 22.7 Å². The summed E-state index contributed by atoms with van der Waals surface area (Å²) in [5, 5.41) is 2.04. The van der Waals surface area contributed by atoms with E-state index >= 15 is 0 Å². The molecule has 0 bridgehead atoms. The zero-order valence-corrected chi connectivity index (χ0v) is 13.0. The Morgan fingerprint density at radius 1 is 1.38 bits per heavy atom. The van der Waals surface area contributed by atoms with Crippen molar-refractivity contribution in [3.63, 3.8) is 0 Å². The molecule has 2 aromatic heterocycles. The minimum absolute atomic E-state index is 0.197. The van der Waals surface area contributed by atoms with Crippen LogP contribution in [0, 0.1) is 0 Å². The highest BCUT2D eigenvalue weighted by molar-refractivity contribution is 9.12. The number of halogens is 2. The summed E-state index contributed by atoms with van der Waals surface area (Å²) in [7, 11) is 0. The molecule has 0 aromatic carbocycles. The van der Waals surface area contributed by atoms with Crippen molar-refractivity contribution in [2.24, 2.45) is 0 Å². The van der Waals surface area contributed by atoms with E-state index in [1.165, 1.54) is 16.2 Å². The number of hydrogen-bond acceptors (Lipinski definition) is 3. The Morgan fingerprint density at radius 3 is 2.75 bits per heavy atom. The summed E-state index contributed by atoms with van der Waals surface area (Å²) in [4.78, 5) is 13.2. The van der Waals surface area contributed by atoms with Crippen molar-refractivity contribution in [3.05, 3.63) is 41.6 Å². The molecule has 0 aliphatic heterocycles. The normalized spacial score (nSPS) is 10.6. The first-order valence-electron chi connectivity index (χ1n) is 4.67. The quantitative estimate of drug-likeness (QED) is 0.671. The van der Waals surface area contributed by atoms with Gasteiger partial charge in [-0.25, -0.2) is 0 Å². The Morgan fingerprint density at radius 2 is 2.19 bits per heavy atom. The van der Waals surface area contributed by atoms with Crippen LogP contribution in [-0.2, 0) is 6.42 Å². The van der Waals surface area contributed by atoms with Crippen LogP contribution in [-0.4, -0.2) is 5.78 Å². The Labute approximate surface area is 119 Å². The molecular formula is C11H8Br2OS2. The van der Waals surface area contributed by atoms with Crippen molar-refractivity contribution in [1.29, 1.82) is 0 Å². The van der Waals surface area contributed by atoms with Crippen LogP contribution >= 0.6 is 54.5 Å². The summed E-state index contributed by atoms with van der Waals surface area (Å²) in [5.41, 5.74) is 0.786. The maximum absolute atomic E-state index is 11.9. The number of thiophene rings is 2. The molecule has 16 heavy (non-hydrogen) atoms. The molecule has 0 spiro atoms. The molecule has 0 saturated heterocycles. The molecule has 2 aromatic rings. The van der Waals surface area contributed by atoms with E-state index < -0.39 is 0 Å². The third-order valence-corrected chi connectivity index (χ3v) is 5.41. The van der Waals surface area contributed by atoms with Gasteiger partial charge in [-0.1, -0.05) is 6.07 Å². The lowest BCUT2D eigenvalue weighted by Crippen LogP contribution is -1.99. The van der Waals surface area contributed by atoms with E-state index in [9.17, 15) is 4.79 Å². The minimum atomic E-state index is 0.197. The van der Waals surface area contributed by atoms with E-state index in [-0.39, 0.29) is 5.78 Å². The number of rotatable bonds is 4. The number of carbonyl (C=O) groups is 1. The van der Waals surface area contributed by atoms with E-state index in [1.54, 1.807) is 11.3 Å². The van der Waals surface area contributed by atoms with Crippen LogP contribution in [0.25, 0.3) is 0 Å². The van der Waals surface area contributed by atoms with E-state index in [0.717, 1.165) is 19.6 Å². The first-order chi connectivity index (χ1) is 7.66. The zero-order valence-electron chi connectivity index (χ0n) is 8.20. The Kier molecular flexibility index (Phi) is 4.35. The van der Waals surface area contributed by atoms with E-state index in [1.807, 2.05) is 17.5 Å². The molecule has 0 radical (unpaired) electrons. The van der Waals surface area contributed by atoms with Crippen LogP contribution in [0.15, 0.2) is 31.2 Å². The number of aryl methyl sites for hydroxylation is 1. The lowest BCUT2D eigenvalue weighted by Gasteiger charge is -1.97. The first kappa shape index (κ1) is 12.5. The fourth-order valence-corrected chi connectivity index (χ4v) is 4.92. The van der Waals surface area contributed by atoms with Gasteiger partial charge in [0.05, 0.1) is 7.57 Å². The first-order valence-corrected chi connectivity index (χ1v) is 7.95. The number of Topliss-reactive ketones (excluding diaryl/α,β-unsaturated/α-hetero) is 1. The van der Waals surface area contributed by atoms with E-state index in [2.05, 4.69) is 37.9 Å². The molecule has 0 fully saturated rings. The lowest BCUT2D eigenvalue weighted by atomic mass is 10.1. The summed E-state index contributed by atoms with van der Waals surface area (Å²) < 4.78 is 1.90. The van der Waals surface area contributed by atoms with Crippen molar-refractivity contribution < 1.29 is 4.79 Å². The molecule has 2 heterocycles. The van der Waals surface area contributed by atoms with Crippen LogP contribution in [0.4, 0.5) is 0 Å². The van der Waals surface area contributed by atoms with Gasteiger partial charge in [-0.2, -0.15) is 0 Å². The van der Waals surface area contributed by atoms with Crippen LogP contribution in [0.5, 0.6) is 0 Å². The molecule has 0 aliphatic carbocycles. The molecule has 1 nitrogen and oxygen atoms in total. The van der Waals surface area contributed by atoms with Gasteiger partial charge in [0, 0.05) is 16.9 Å². The largest absolute Gasteiger partial charge is 0.294 e. The zero-order chi connectivity index (χ0) is 11.5. The van der Waals surface area contributed by atoms with Crippen molar-refractivity contribution in [1.82, 2.24) is 0 Å². The van der Waals surface area contributed by atoms with Crippen LogP contribution in [0.3, 0.4) is 0 Å². The summed E-state index contributed by atoms with van der Waals surface area (Å²) in [6.45, 7) is 0. The number of carbonyl (C=O) groups excluding carboxylic acids is 1. The summed E-state index contributed by atoms with van der Waals surface area (Å²) in [5.74, 6) is 0.197. The highest BCUT2D eigenvalue weighted by Gasteiger charge is 2.13. The second kappa shape index (κ2) is 5.58. The monoisotopic (exact) mass is 378 g/mol. The third kappa shape index (κ3) is 3.03. The van der Waals surface area contributed by atoms with Crippen molar-refractivity contribution in [3.8, 4) is 0 Å². The van der Waals surface area contributed by atoms with Crippen molar-refractivity contribution in [2.75, 3.05) is 0 Å².